The molecule has 0 N–H and O–H groups in total. The molecule has 3 rings (SSSR count). The number of alkyl halides is 3. The lowest BCUT2D eigenvalue weighted by Crippen LogP contribution is -2.46. The van der Waals surface area contributed by atoms with Crippen molar-refractivity contribution in [3.63, 3.8) is 0 Å². The van der Waals surface area contributed by atoms with Gasteiger partial charge in [-0.05, 0) is 54.5 Å². The maximum absolute atomic E-state index is 12.8. The Kier molecular flexibility index (Phi) is 4.77. The predicted octanol–water partition coefficient (Wildman–Crippen LogP) is 4.30. The van der Waals surface area contributed by atoms with Gasteiger partial charge >= 0.3 is 12.1 Å². The molecule has 0 spiro atoms. The van der Waals surface area contributed by atoms with Gasteiger partial charge < -0.3 is 9.64 Å². The molecule has 25 heavy (non-hydrogen) atoms. The van der Waals surface area contributed by atoms with Crippen molar-refractivity contribution in [3.05, 3.63) is 40.8 Å². The highest BCUT2D eigenvalue weighted by atomic mass is 32.1. The first-order chi connectivity index (χ1) is 11.8. The largest absolute Gasteiger partial charge is 0.496 e. The molecule has 1 aromatic heterocycles. The number of benzene rings is 1. The van der Waals surface area contributed by atoms with Crippen molar-refractivity contribution in [2.45, 2.75) is 32.0 Å². The standard InChI is InChI=1S/C18H18F3NO2S/c1-11-8-13-9-14(16-4-3-7-25-16)15(24-2)10-12(13)5-6-22(11)17(23)18(19,20)21/h3-4,7,9-11H,5-6,8H2,1-2H3. The van der Waals surface area contributed by atoms with Gasteiger partial charge in [-0.3, -0.25) is 4.79 Å². The van der Waals surface area contributed by atoms with E-state index < -0.39 is 18.1 Å². The molecule has 2 heterocycles. The third kappa shape index (κ3) is 3.51. The van der Waals surface area contributed by atoms with Gasteiger partial charge in [0.05, 0.1) is 7.11 Å². The Morgan fingerprint density at radius 2 is 2.08 bits per heavy atom. The zero-order valence-electron chi connectivity index (χ0n) is 13.9. The van der Waals surface area contributed by atoms with E-state index in [2.05, 4.69) is 0 Å². The predicted molar refractivity (Wildman–Crippen MR) is 90.9 cm³/mol. The molecule has 134 valence electrons. The molecule has 1 atom stereocenters. The fourth-order valence-corrected chi connectivity index (χ4v) is 3.98. The first kappa shape index (κ1) is 17.8. The summed E-state index contributed by atoms with van der Waals surface area (Å²) in [5.41, 5.74) is 2.83. The SMILES string of the molecule is COc1cc2c(cc1-c1cccs1)CC(C)N(C(=O)C(F)(F)F)CC2. The van der Waals surface area contributed by atoms with E-state index in [1.165, 1.54) is 0 Å². The highest BCUT2D eigenvalue weighted by Gasteiger charge is 2.44. The first-order valence-corrected chi connectivity index (χ1v) is 8.80. The molecule has 2 aromatic rings. The molecule has 1 aromatic carbocycles. The van der Waals surface area contributed by atoms with Gasteiger partial charge in [0.2, 0.25) is 0 Å². The smallest absolute Gasteiger partial charge is 0.471 e. The lowest BCUT2D eigenvalue weighted by molar-refractivity contribution is -0.187. The van der Waals surface area contributed by atoms with Crippen molar-refractivity contribution in [2.75, 3.05) is 13.7 Å². The average molecular weight is 369 g/mol. The molecule has 3 nitrogen and oxygen atoms in total. The maximum Gasteiger partial charge on any atom is 0.471 e. The van der Waals surface area contributed by atoms with Crippen LogP contribution >= 0.6 is 11.3 Å². The Morgan fingerprint density at radius 3 is 2.68 bits per heavy atom. The molecule has 0 aliphatic carbocycles. The molecule has 0 bridgehead atoms. The molecule has 0 radical (unpaired) electrons. The van der Waals surface area contributed by atoms with Crippen LogP contribution < -0.4 is 4.74 Å². The van der Waals surface area contributed by atoms with Gasteiger partial charge in [0, 0.05) is 23.0 Å². The van der Waals surface area contributed by atoms with E-state index in [-0.39, 0.29) is 6.54 Å². The van der Waals surface area contributed by atoms with Crippen LogP contribution in [0.4, 0.5) is 13.2 Å². The molecule has 0 saturated heterocycles. The molecule has 1 aliphatic rings. The number of carbonyl (C=O) groups excluding carboxylic acids is 1. The van der Waals surface area contributed by atoms with Crippen molar-refractivity contribution in [1.82, 2.24) is 4.90 Å². The minimum Gasteiger partial charge on any atom is -0.496 e. The number of hydrogen-bond acceptors (Lipinski definition) is 3. The summed E-state index contributed by atoms with van der Waals surface area (Å²) in [6.07, 6.45) is -4.08. The number of halogens is 3. The summed E-state index contributed by atoms with van der Waals surface area (Å²) in [5, 5.41) is 1.97. The van der Waals surface area contributed by atoms with Crippen LogP contribution in [0.3, 0.4) is 0 Å². The molecular formula is C18H18F3NO2S. The monoisotopic (exact) mass is 369 g/mol. The lowest BCUT2D eigenvalue weighted by atomic mass is 9.96. The zero-order chi connectivity index (χ0) is 18.2. The topological polar surface area (TPSA) is 29.5 Å². The van der Waals surface area contributed by atoms with E-state index >= 15 is 0 Å². The van der Waals surface area contributed by atoms with Gasteiger partial charge in [0.15, 0.2) is 0 Å². The third-order valence-electron chi connectivity index (χ3n) is 4.48. The second kappa shape index (κ2) is 6.71. The van der Waals surface area contributed by atoms with Crippen LogP contribution in [0.2, 0.25) is 0 Å². The van der Waals surface area contributed by atoms with E-state index in [0.717, 1.165) is 26.5 Å². The summed E-state index contributed by atoms with van der Waals surface area (Å²) in [6.45, 7) is 1.71. The number of fused-ring (bicyclic) bond motifs is 1. The van der Waals surface area contributed by atoms with E-state index in [0.29, 0.717) is 18.6 Å². The van der Waals surface area contributed by atoms with Gasteiger partial charge in [-0.25, -0.2) is 0 Å². The van der Waals surface area contributed by atoms with Crippen LogP contribution in [0.1, 0.15) is 18.1 Å². The van der Waals surface area contributed by atoms with Crippen LogP contribution in [0.25, 0.3) is 10.4 Å². The number of amides is 1. The molecule has 1 unspecified atom stereocenters. The van der Waals surface area contributed by atoms with Crippen molar-refractivity contribution in [3.8, 4) is 16.2 Å². The second-order valence-corrected chi connectivity index (χ2v) is 7.05. The van der Waals surface area contributed by atoms with Crippen LogP contribution in [-0.2, 0) is 17.6 Å². The number of thiophene rings is 1. The molecular weight excluding hydrogens is 351 g/mol. The number of rotatable bonds is 2. The Balaban J connectivity index is 1.97. The molecule has 1 aliphatic heterocycles. The maximum atomic E-state index is 12.8. The number of methoxy groups -OCH3 is 1. The van der Waals surface area contributed by atoms with Crippen molar-refractivity contribution in [2.24, 2.45) is 0 Å². The summed E-state index contributed by atoms with van der Waals surface area (Å²) in [5.74, 6) is -1.07. The molecule has 1 amide bonds. The molecule has 7 heteroatoms. The van der Waals surface area contributed by atoms with E-state index in [1.54, 1.807) is 25.4 Å². The number of ether oxygens (including phenoxy) is 1. The quantitative estimate of drug-likeness (QED) is 0.790. The summed E-state index contributed by atoms with van der Waals surface area (Å²) in [7, 11) is 1.58. The fraction of sp³-hybridized carbons (Fsp3) is 0.389. The molecule has 0 fully saturated rings. The van der Waals surface area contributed by atoms with Crippen LogP contribution in [0.5, 0.6) is 5.75 Å². The number of nitrogens with zero attached hydrogens (tertiary/aromatic N) is 1. The van der Waals surface area contributed by atoms with Gasteiger partial charge in [-0.15, -0.1) is 11.3 Å². The highest BCUT2D eigenvalue weighted by Crippen LogP contribution is 2.37. The summed E-state index contributed by atoms with van der Waals surface area (Å²) in [6, 6.07) is 7.28. The highest BCUT2D eigenvalue weighted by molar-refractivity contribution is 7.13. The third-order valence-corrected chi connectivity index (χ3v) is 5.38. The second-order valence-electron chi connectivity index (χ2n) is 6.10. The van der Waals surface area contributed by atoms with Crippen LogP contribution in [0.15, 0.2) is 29.6 Å². The fourth-order valence-electron chi connectivity index (χ4n) is 3.24. The average Bonchev–Trinajstić information content (AvgIpc) is 3.03. The van der Waals surface area contributed by atoms with Crippen molar-refractivity contribution < 1.29 is 22.7 Å². The number of carbonyl (C=O) groups is 1. The first-order valence-electron chi connectivity index (χ1n) is 7.92. The van der Waals surface area contributed by atoms with E-state index in [9.17, 15) is 18.0 Å². The Morgan fingerprint density at radius 1 is 1.32 bits per heavy atom. The Bertz CT molecular complexity index is 771. The van der Waals surface area contributed by atoms with E-state index in [1.807, 2.05) is 29.6 Å². The molecule has 0 saturated carbocycles. The van der Waals surface area contributed by atoms with Gasteiger partial charge in [-0.2, -0.15) is 13.2 Å². The van der Waals surface area contributed by atoms with Gasteiger partial charge in [-0.1, -0.05) is 6.07 Å². The van der Waals surface area contributed by atoms with Gasteiger partial charge in [0.1, 0.15) is 5.75 Å². The zero-order valence-corrected chi connectivity index (χ0v) is 14.7. The van der Waals surface area contributed by atoms with Crippen molar-refractivity contribution in [1.29, 1.82) is 0 Å². The summed E-state index contributed by atoms with van der Waals surface area (Å²) < 4.78 is 44.0. The lowest BCUT2D eigenvalue weighted by Gasteiger charge is -2.27. The summed E-state index contributed by atoms with van der Waals surface area (Å²) in [4.78, 5) is 13.7. The normalized spacial score (nSPS) is 17.8. The summed E-state index contributed by atoms with van der Waals surface area (Å²) >= 11 is 1.58. The van der Waals surface area contributed by atoms with Crippen LogP contribution in [0, 0.1) is 0 Å². The van der Waals surface area contributed by atoms with Crippen molar-refractivity contribution >= 4 is 17.2 Å². The Labute approximate surface area is 148 Å². The van der Waals surface area contributed by atoms with E-state index in [4.69, 9.17) is 4.74 Å². The number of hydrogen-bond donors (Lipinski definition) is 0. The van der Waals surface area contributed by atoms with Crippen LogP contribution in [-0.4, -0.2) is 36.7 Å². The minimum absolute atomic E-state index is 0.0496. The Hall–Kier alpha value is -2.02. The van der Waals surface area contributed by atoms with Gasteiger partial charge in [0.25, 0.3) is 0 Å². The minimum atomic E-state index is -4.84.